The maximum Gasteiger partial charge on any atom is 0.339 e. The Balaban J connectivity index is 1.87. The third-order valence-electron chi connectivity index (χ3n) is 4.13. The molecule has 0 spiro atoms. The number of rotatable bonds is 6. The van der Waals surface area contributed by atoms with Crippen molar-refractivity contribution in [3.63, 3.8) is 0 Å². The molecule has 2 heterocycles. The Morgan fingerprint density at radius 3 is 2.73 bits per heavy atom. The molecule has 0 unspecified atom stereocenters. The maximum atomic E-state index is 11.3. The van der Waals surface area contributed by atoms with Crippen LogP contribution in [0.3, 0.4) is 0 Å². The summed E-state index contributed by atoms with van der Waals surface area (Å²) < 4.78 is 13.2. The highest BCUT2D eigenvalue weighted by Crippen LogP contribution is 2.48. The van der Waals surface area contributed by atoms with Gasteiger partial charge in [0.15, 0.2) is 11.5 Å². The lowest BCUT2D eigenvalue weighted by Gasteiger charge is -2.31. The zero-order chi connectivity index (χ0) is 16.0. The fourth-order valence-electron chi connectivity index (χ4n) is 2.86. The van der Waals surface area contributed by atoms with Gasteiger partial charge < -0.3 is 20.1 Å². The van der Waals surface area contributed by atoms with Gasteiger partial charge in [-0.25, -0.2) is 15.0 Å². The van der Waals surface area contributed by atoms with Gasteiger partial charge in [0, 0.05) is 12.1 Å². The van der Waals surface area contributed by atoms with Crippen LogP contribution in [0, 0.1) is 0 Å². The highest BCUT2D eigenvalue weighted by molar-refractivity contribution is 7.51. The van der Waals surface area contributed by atoms with Gasteiger partial charge in [0.05, 0.1) is 6.33 Å². The van der Waals surface area contributed by atoms with Crippen molar-refractivity contribution >= 4 is 24.6 Å². The standard InChI is InChI=1S/C12H19N6O3P/c1-2-18(8-22(19,20)21)12(3-4-12)5-17-7-16-9-10(13)14-6-15-11(9)17/h6-7H,2-5,8H2,1H3,(H2,13,14,15)(H2,19,20,21). The van der Waals surface area contributed by atoms with Crippen molar-refractivity contribution in [2.24, 2.45) is 0 Å². The molecule has 10 heteroatoms. The highest BCUT2D eigenvalue weighted by Gasteiger charge is 2.49. The predicted octanol–water partition coefficient (Wildman–Crippen LogP) is 0.398. The molecule has 0 radical (unpaired) electrons. The van der Waals surface area contributed by atoms with E-state index >= 15 is 0 Å². The Morgan fingerprint density at radius 2 is 2.14 bits per heavy atom. The van der Waals surface area contributed by atoms with Crippen LogP contribution in [0.2, 0.25) is 0 Å². The van der Waals surface area contributed by atoms with Crippen molar-refractivity contribution in [2.75, 3.05) is 18.6 Å². The van der Waals surface area contributed by atoms with Crippen LogP contribution in [0.15, 0.2) is 12.7 Å². The van der Waals surface area contributed by atoms with Crippen molar-refractivity contribution in [1.29, 1.82) is 0 Å². The molecule has 4 N–H and O–H groups in total. The van der Waals surface area contributed by atoms with Crippen LogP contribution in [0.1, 0.15) is 19.8 Å². The Labute approximate surface area is 127 Å². The van der Waals surface area contributed by atoms with E-state index in [9.17, 15) is 14.4 Å². The smallest absolute Gasteiger partial charge is 0.339 e. The summed E-state index contributed by atoms with van der Waals surface area (Å²) in [5.74, 6) is 0.330. The molecule has 2 aromatic heterocycles. The fourth-order valence-corrected chi connectivity index (χ4v) is 3.80. The highest BCUT2D eigenvalue weighted by atomic mass is 31.2. The molecule has 1 fully saturated rings. The van der Waals surface area contributed by atoms with E-state index < -0.39 is 7.60 Å². The number of nitrogen functional groups attached to an aromatic ring is 1. The molecule has 0 atom stereocenters. The van der Waals surface area contributed by atoms with Crippen LogP contribution in [0.25, 0.3) is 11.2 Å². The van der Waals surface area contributed by atoms with Crippen LogP contribution in [-0.4, -0.2) is 52.6 Å². The first-order valence-corrected chi connectivity index (χ1v) is 8.85. The van der Waals surface area contributed by atoms with Crippen molar-refractivity contribution in [3.8, 4) is 0 Å². The SMILES string of the molecule is CCN(CP(=O)(O)O)C1(Cn2cnc3c(N)ncnc32)CC1. The van der Waals surface area contributed by atoms with Crippen LogP contribution in [0.4, 0.5) is 5.82 Å². The van der Waals surface area contributed by atoms with Crippen molar-refractivity contribution in [1.82, 2.24) is 24.4 Å². The van der Waals surface area contributed by atoms with Gasteiger partial charge in [-0.15, -0.1) is 0 Å². The number of nitrogens with zero attached hydrogens (tertiary/aromatic N) is 5. The summed E-state index contributed by atoms with van der Waals surface area (Å²) in [4.78, 5) is 32.7. The molecule has 3 rings (SSSR count). The molecule has 0 amide bonds. The summed E-state index contributed by atoms with van der Waals surface area (Å²) in [6.45, 7) is 3.06. The largest absolute Gasteiger partial charge is 0.382 e. The van der Waals surface area contributed by atoms with Crippen LogP contribution >= 0.6 is 7.60 Å². The van der Waals surface area contributed by atoms with Gasteiger partial charge in [0.25, 0.3) is 0 Å². The summed E-state index contributed by atoms with van der Waals surface area (Å²) >= 11 is 0. The van der Waals surface area contributed by atoms with Crippen molar-refractivity contribution < 1.29 is 14.4 Å². The lowest BCUT2D eigenvalue weighted by Crippen LogP contribution is -2.41. The van der Waals surface area contributed by atoms with Gasteiger partial charge in [-0.05, 0) is 19.4 Å². The average molecular weight is 326 g/mol. The van der Waals surface area contributed by atoms with Gasteiger partial charge in [-0.3, -0.25) is 9.46 Å². The van der Waals surface area contributed by atoms with Gasteiger partial charge >= 0.3 is 7.60 Å². The molecule has 22 heavy (non-hydrogen) atoms. The lowest BCUT2D eigenvalue weighted by molar-refractivity contribution is 0.181. The van der Waals surface area contributed by atoms with Crippen LogP contribution in [-0.2, 0) is 11.1 Å². The quantitative estimate of drug-likeness (QED) is 0.650. The number of imidazole rings is 1. The van der Waals surface area contributed by atoms with Gasteiger partial charge in [-0.2, -0.15) is 0 Å². The zero-order valence-corrected chi connectivity index (χ0v) is 13.1. The average Bonchev–Trinajstić information content (AvgIpc) is 3.10. The molecule has 9 nitrogen and oxygen atoms in total. The molecule has 0 saturated heterocycles. The Kier molecular flexibility index (Phi) is 3.68. The number of nitrogens with two attached hydrogens (primary N) is 1. The van der Waals surface area contributed by atoms with E-state index in [1.54, 1.807) is 6.33 Å². The molecule has 1 aliphatic carbocycles. The van der Waals surface area contributed by atoms with Crippen molar-refractivity contribution in [3.05, 3.63) is 12.7 Å². The van der Waals surface area contributed by atoms with E-state index in [2.05, 4.69) is 15.0 Å². The maximum absolute atomic E-state index is 11.3. The van der Waals surface area contributed by atoms with E-state index in [1.165, 1.54) is 6.33 Å². The summed E-state index contributed by atoms with van der Waals surface area (Å²) in [7, 11) is -4.09. The summed E-state index contributed by atoms with van der Waals surface area (Å²) in [5, 5.41) is 0. The number of anilines is 1. The molecular formula is C12H19N6O3P. The number of likely N-dealkylation sites (N-methyl/N-ethyl adjacent to an activating group) is 1. The number of fused-ring (bicyclic) bond motifs is 1. The second-order valence-electron chi connectivity index (χ2n) is 5.69. The topological polar surface area (TPSA) is 130 Å². The zero-order valence-electron chi connectivity index (χ0n) is 12.3. The number of aromatic nitrogens is 4. The molecule has 2 aromatic rings. The number of hydrogen-bond donors (Lipinski definition) is 3. The lowest BCUT2D eigenvalue weighted by atomic mass is 10.2. The van der Waals surface area contributed by atoms with E-state index in [1.807, 2.05) is 16.4 Å². The van der Waals surface area contributed by atoms with Crippen LogP contribution in [0.5, 0.6) is 0 Å². The van der Waals surface area contributed by atoms with Gasteiger partial charge in [0.2, 0.25) is 0 Å². The molecule has 1 saturated carbocycles. The Hall–Kier alpha value is -1.54. The van der Waals surface area contributed by atoms with E-state index in [-0.39, 0.29) is 11.8 Å². The summed E-state index contributed by atoms with van der Waals surface area (Å²) in [5.41, 5.74) is 6.73. The summed E-state index contributed by atoms with van der Waals surface area (Å²) in [6, 6.07) is 0. The van der Waals surface area contributed by atoms with Crippen molar-refractivity contribution in [2.45, 2.75) is 31.8 Å². The molecule has 0 aromatic carbocycles. The van der Waals surface area contributed by atoms with E-state index in [4.69, 9.17) is 5.73 Å². The molecular weight excluding hydrogens is 307 g/mol. The predicted molar refractivity (Wildman–Crippen MR) is 81.0 cm³/mol. The first-order chi connectivity index (χ1) is 10.3. The minimum Gasteiger partial charge on any atom is -0.382 e. The number of hydrogen-bond acceptors (Lipinski definition) is 6. The minimum atomic E-state index is -4.09. The van der Waals surface area contributed by atoms with Gasteiger partial charge in [0.1, 0.15) is 18.1 Å². The summed E-state index contributed by atoms with van der Waals surface area (Å²) in [6.07, 6.45) is 4.60. The second-order valence-corrected chi connectivity index (χ2v) is 7.30. The second kappa shape index (κ2) is 5.27. The van der Waals surface area contributed by atoms with Gasteiger partial charge in [-0.1, -0.05) is 6.92 Å². The van der Waals surface area contributed by atoms with E-state index in [0.717, 1.165) is 12.8 Å². The Morgan fingerprint density at radius 1 is 1.41 bits per heavy atom. The first kappa shape index (κ1) is 15.4. The third-order valence-corrected chi connectivity index (χ3v) is 4.84. The first-order valence-electron chi connectivity index (χ1n) is 7.05. The Bertz CT molecular complexity index is 738. The molecule has 120 valence electrons. The minimum absolute atomic E-state index is 0.229. The molecule has 0 bridgehead atoms. The molecule has 1 aliphatic rings. The fraction of sp³-hybridized carbons (Fsp3) is 0.583. The third kappa shape index (κ3) is 2.85. The van der Waals surface area contributed by atoms with Crippen LogP contribution < -0.4 is 5.73 Å². The van der Waals surface area contributed by atoms with E-state index in [0.29, 0.717) is 30.1 Å². The normalized spacial score (nSPS) is 17.3. The monoisotopic (exact) mass is 326 g/mol. The molecule has 0 aliphatic heterocycles.